The van der Waals surface area contributed by atoms with Gasteiger partial charge in [-0.05, 0) is 37.1 Å². The summed E-state index contributed by atoms with van der Waals surface area (Å²) in [5.74, 6) is -0.375. The highest BCUT2D eigenvalue weighted by Crippen LogP contribution is 2.22. The van der Waals surface area contributed by atoms with Gasteiger partial charge in [0.25, 0.3) is 0 Å². The highest BCUT2D eigenvalue weighted by Gasteiger charge is 2.35. The summed E-state index contributed by atoms with van der Waals surface area (Å²) in [6.07, 6.45) is 2.17. The van der Waals surface area contributed by atoms with Gasteiger partial charge in [0.15, 0.2) is 0 Å². The molecule has 1 saturated carbocycles. The van der Waals surface area contributed by atoms with Gasteiger partial charge in [-0.2, -0.15) is 0 Å². The number of anilines is 1. The largest absolute Gasteiger partial charge is 0.353 e. The first-order valence-electron chi connectivity index (χ1n) is 7.18. The predicted molar refractivity (Wildman–Crippen MR) is 76.1 cm³/mol. The molecular weight excluding hydrogens is 273 g/mol. The summed E-state index contributed by atoms with van der Waals surface area (Å²) in [7, 11) is 0. The number of halogens is 1. The van der Waals surface area contributed by atoms with Crippen molar-refractivity contribution >= 4 is 17.5 Å². The summed E-state index contributed by atoms with van der Waals surface area (Å²) in [4.78, 5) is 25.5. The van der Waals surface area contributed by atoms with Gasteiger partial charge in [0.2, 0.25) is 11.8 Å². The van der Waals surface area contributed by atoms with Crippen LogP contribution in [0.2, 0.25) is 0 Å². The van der Waals surface area contributed by atoms with Crippen LogP contribution in [0.25, 0.3) is 0 Å². The van der Waals surface area contributed by atoms with Crippen molar-refractivity contribution in [3.63, 3.8) is 0 Å². The fourth-order valence-corrected chi connectivity index (χ4v) is 2.35. The Labute approximate surface area is 122 Å². The Kier molecular flexibility index (Phi) is 3.88. The van der Waals surface area contributed by atoms with E-state index in [9.17, 15) is 14.0 Å². The number of carbonyl (C=O) groups excluding carboxylic acids is 2. The van der Waals surface area contributed by atoms with E-state index in [1.165, 1.54) is 24.3 Å². The molecule has 2 N–H and O–H groups in total. The van der Waals surface area contributed by atoms with Crippen molar-refractivity contribution < 1.29 is 14.0 Å². The third-order valence-electron chi connectivity index (χ3n) is 3.75. The van der Waals surface area contributed by atoms with Gasteiger partial charge in [-0.25, -0.2) is 4.39 Å². The Morgan fingerprint density at radius 2 is 1.86 bits per heavy atom. The maximum Gasteiger partial charge on any atom is 0.238 e. The topological polar surface area (TPSA) is 61.4 Å². The van der Waals surface area contributed by atoms with Crippen molar-refractivity contribution in [3.8, 4) is 0 Å². The fraction of sp³-hybridized carbons (Fsp3) is 0.467. The number of benzene rings is 1. The second-order valence-electron chi connectivity index (χ2n) is 5.73. The van der Waals surface area contributed by atoms with E-state index in [4.69, 9.17) is 0 Å². The van der Waals surface area contributed by atoms with Crippen LogP contribution in [0.1, 0.15) is 12.8 Å². The molecule has 1 saturated heterocycles. The fourth-order valence-electron chi connectivity index (χ4n) is 2.35. The zero-order chi connectivity index (χ0) is 14.8. The molecule has 3 rings (SSSR count). The number of likely N-dealkylation sites (tertiary alicyclic amines) is 1. The van der Waals surface area contributed by atoms with E-state index in [1.807, 2.05) is 4.90 Å². The van der Waals surface area contributed by atoms with Gasteiger partial charge in [-0.3, -0.25) is 14.5 Å². The lowest BCUT2D eigenvalue weighted by atomic mass is 9.99. The Balaban J connectivity index is 1.38. The molecule has 0 unspecified atom stereocenters. The summed E-state index contributed by atoms with van der Waals surface area (Å²) >= 11 is 0. The Morgan fingerprint density at radius 1 is 1.19 bits per heavy atom. The lowest BCUT2D eigenvalue weighted by Gasteiger charge is -2.37. The molecule has 0 aromatic heterocycles. The monoisotopic (exact) mass is 291 g/mol. The Morgan fingerprint density at radius 3 is 2.48 bits per heavy atom. The van der Waals surface area contributed by atoms with Crippen LogP contribution in [-0.4, -0.2) is 42.4 Å². The minimum absolute atomic E-state index is 0.00391. The van der Waals surface area contributed by atoms with E-state index in [2.05, 4.69) is 10.6 Å². The molecule has 1 aliphatic heterocycles. The van der Waals surface area contributed by atoms with Crippen molar-refractivity contribution in [2.24, 2.45) is 5.92 Å². The maximum atomic E-state index is 12.8. The number of nitrogens with zero attached hydrogens (tertiary/aromatic N) is 1. The summed E-state index contributed by atoms with van der Waals surface area (Å²) < 4.78 is 12.8. The van der Waals surface area contributed by atoms with Crippen LogP contribution in [0.4, 0.5) is 10.1 Å². The van der Waals surface area contributed by atoms with E-state index in [0.29, 0.717) is 24.8 Å². The van der Waals surface area contributed by atoms with E-state index < -0.39 is 0 Å². The average molecular weight is 291 g/mol. The summed E-state index contributed by atoms with van der Waals surface area (Å²) in [5.41, 5.74) is 0.574. The quantitative estimate of drug-likeness (QED) is 0.850. The molecule has 1 aliphatic carbocycles. The van der Waals surface area contributed by atoms with Gasteiger partial charge >= 0.3 is 0 Å². The summed E-state index contributed by atoms with van der Waals surface area (Å²) in [5, 5.41) is 5.68. The van der Waals surface area contributed by atoms with Crippen LogP contribution < -0.4 is 10.6 Å². The second kappa shape index (κ2) is 5.81. The first-order valence-corrected chi connectivity index (χ1v) is 7.18. The van der Waals surface area contributed by atoms with E-state index >= 15 is 0 Å². The SMILES string of the molecule is O=C(CN1CC(C(=O)NC2CC2)C1)Nc1ccc(F)cc1. The molecule has 0 bridgehead atoms. The molecule has 2 aliphatic rings. The van der Waals surface area contributed by atoms with Gasteiger partial charge in [0.1, 0.15) is 5.82 Å². The van der Waals surface area contributed by atoms with Crippen LogP contribution in [0.5, 0.6) is 0 Å². The number of nitrogens with one attached hydrogen (secondary N) is 2. The number of amides is 2. The minimum Gasteiger partial charge on any atom is -0.353 e. The normalized spacial score (nSPS) is 18.9. The van der Waals surface area contributed by atoms with E-state index in [1.54, 1.807) is 0 Å². The number of rotatable bonds is 5. The molecule has 1 aromatic carbocycles. The number of carbonyl (C=O) groups is 2. The van der Waals surface area contributed by atoms with Crippen molar-refractivity contribution in [2.75, 3.05) is 25.0 Å². The Hall–Kier alpha value is -1.95. The van der Waals surface area contributed by atoms with E-state index in [0.717, 1.165) is 12.8 Å². The second-order valence-corrected chi connectivity index (χ2v) is 5.73. The smallest absolute Gasteiger partial charge is 0.238 e. The minimum atomic E-state index is -0.333. The molecule has 0 radical (unpaired) electrons. The highest BCUT2D eigenvalue weighted by molar-refractivity contribution is 5.92. The van der Waals surface area contributed by atoms with Crippen LogP contribution in [0, 0.1) is 11.7 Å². The maximum absolute atomic E-state index is 12.8. The molecule has 5 nitrogen and oxygen atoms in total. The van der Waals surface area contributed by atoms with Crippen molar-refractivity contribution in [2.45, 2.75) is 18.9 Å². The lowest BCUT2D eigenvalue weighted by Crippen LogP contribution is -2.55. The summed E-state index contributed by atoms with van der Waals surface area (Å²) in [6, 6.07) is 6.03. The molecule has 0 spiro atoms. The predicted octanol–water partition coefficient (Wildman–Crippen LogP) is 0.975. The van der Waals surface area contributed by atoms with Gasteiger partial charge in [-0.1, -0.05) is 0 Å². The molecule has 1 aromatic rings. The van der Waals surface area contributed by atoms with Crippen molar-refractivity contribution in [1.82, 2.24) is 10.2 Å². The lowest BCUT2D eigenvalue weighted by molar-refractivity contribution is -0.132. The van der Waals surface area contributed by atoms with E-state index in [-0.39, 0.29) is 30.1 Å². The zero-order valence-corrected chi connectivity index (χ0v) is 11.6. The first-order chi connectivity index (χ1) is 10.1. The Bertz CT molecular complexity index is 536. The summed E-state index contributed by atoms with van der Waals surface area (Å²) in [6.45, 7) is 1.50. The first kappa shape index (κ1) is 14.0. The third-order valence-corrected chi connectivity index (χ3v) is 3.75. The molecule has 112 valence electrons. The van der Waals surface area contributed by atoms with Gasteiger partial charge in [-0.15, -0.1) is 0 Å². The van der Waals surface area contributed by atoms with Gasteiger partial charge in [0, 0.05) is 24.8 Å². The van der Waals surface area contributed by atoms with Crippen LogP contribution >= 0.6 is 0 Å². The molecule has 6 heteroatoms. The molecule has 2 amide bonds. The van der Waals surface area contributed by atoms with Crippen LogP contribution in [-0.2, 0) is 9.59 Å². The number of hydrogen-bond donors (Lipinski definition) is 2. The average Bonchev–Trinajstić information content (AvgIpc) is 3.20. The molecule has 0 atom stereocenters. The van der Waals surface area contributed by atoms with Gasteiger partial charge in [0.05, 0.1) is 12.5 Å². The highest BCUT2D eigenvalue weighted by atomic mass is 19.1. The van der Waals surface area contributed by atoms with Crippen LogP contribution in [0.3, 0.4) is 0 Å². The molecular formula is C15H18FN3O2. The standard InChI is InChI=1S/C15H18FN3O2/c16-11-1-3-12(4-2-11)17-14(20)9-19-7-10(8-19)15(21)18-13-5-6-13/h1-4,10,13H,5-9H2,(H,17,20)(H,18,21). The molecule has 1 heterocycles. The third kappa shape index (κ3) is 3.78. The zero-order valence-electron chi connectivity index (χ0n) is 11.6. The molecule has 21 heavy (non-hydrogen) atoms. The van der Waals surface area contributed by atoms with Crippen molar-refractivity contribution in [1.29, 1.82) is 0 Å². The number of hydrogen-bond acceptors (Lipinski definition) is 3. The van der Waals surface area contributed by atoms with Crippen LogP contribution in [0.15, 0.2) is 24.3 Å². The molecule has 2 fully saturated rings. The van der Waals surface area contributed by atoms with Crippen molar-refractivity contribution in [3.05, 3.63) is 30.1 Å². The van der Waals surface area contributed by atoms with Gasteiger partial charge < -0.3 is 10.6 Å².